The molecule has 5 nitrogen and oxygen atoms in total. The van der Waals surface area contributed by atoms with Crippen molar-refractivity contribution in [2.24, 2.45) is 5.10 Å². The fourth-order valence-electron chi connectivity index (χ4n) is 2.54. The van der Waals surface area contributed by atoms with E-state index in [9.17, 15) is 4.79 Å². The number of carbonyl (C=O) groups excluding carboxylic acids is 1. The van der Waals surface area contributed by atoms with E-state index in [0.717, 1.165) is 11.1 Å². The largest absolute Gasteiger partial charge is 0.493 e. The maximum Gasteiger partial charge on any atom is 0.272 e. The molecule has 1 N–H and O–H groups in total. The standard InChI is InChI=1S/C22H18BrClN2O3/c1-28-21-12-15(13-25-26-22(27)18-7-2-3-8-19(18)23)9-10-20(21)29-14-16-5-4-6-17(24)11-16/h2-13H,14H2,1H3,(H,26,27)/b25-13-. The Bertz CT molecular complexity index is 1040. The van der Waals surface area contributed by atoms with Crippen LogP contribution in [-0.2, 0) is 6.61 Å². The van der Waals surface area contributed by atoms with Gasteiger partial charge in [-0.3, -0.25) is 4.79 Å². The summed E-state index contributed by atoms with van der Waals surface area (Å²) in [6.07, 6.45) is 1.54. The van der Waals surface area contributed by atoms with Crippen LogP contribution in [0.3, 0.4) is 0 Å². The molecule has 0 heterocycles. The van der Waals surface area contributed by atoms with Crippen molar-refractivity contribution in [1.82, 2.24) is 5.43 Å². The first kappa shape index (κ1) is 20.9. The Morgan fingerprint density at radius 2 is 1.93 bits per heavy atom. The third-order valence-electron chi connectivity index (χ3n) is 3.97. The second kappa shape index (κ2) is 10.1. The Hall–Kier alpha value is -2.83. The smallest absolute Gasteiger partial charge is 0.272 e. The molecule has 29 heavy (non-hydrogen) atoms. The van der Waals surface area contributed by atoms with Crippen molar-refractivity contribution in [3.63, 3.8) is 0 Å². The van der Waals surface area contributed by atoms with Crippen LogP contribution in [-0.4, -0.2) is 19.2 Å². The van der Waals surface area contributed by atoms with Gasteiger partial charge in [0.05, 0.1) is 18.9 Å². The number of hydrazone groups is 1. The lowest BCUT2D eigenvalue weighted by atomic mass is 10.2. The first-order valence-corrected chi connectivity index (χ1v) is 9.87. The highest BCUT2D eigenvalue weighted by Crippen LogP contribution is 2.28. The van der Waals surface area contributed by atoms with Crippen molar-refractivity contribution in [3.8, 4) is 11.5 Å². The molecule has 0 saturated heterocycles. The summed E-state index contributed by atoms with van der Waals surface area (Å²) in [6.45, 7) is 0.367. The van der Waals surface area contributed by atoms with Crippen LogP contribution in [0.4, 0.5) is 0 Å². The number of carbonyl (C=O) groups is 1. The number of benzene rings is 3. The van der Waals surface area contributed by atoms with Crippen LogP contribution in [0.15, 0.2) is 76.3 Å². The van der Waals surface area contributed by atoms with Crippen LogP contribution in [0.1, 0.15) is 21.5 Å². The predicted molar refractivity (Wildman–Crippen MR) is 118 cm³/mol. The Balaban J connectivity index is 1.64. The second-order valence-electron chi connectivity index (χ2n) is 6.01. The normalized spacial score (nSPS) is 10.7. The molecule has 3 rings (SSSR count). The molecule has 0 aliphatic rings. The third kappa shape index (κ3) is 5.82. The van der Waals surface area contributed by atoms with E-state index < -0.39 is 0 Å². The molecule has 0 aliphatic carbocycles. The van der Waals surface area contributed by atoms with E-state index in [0.29, 0.717) is 33.2 Å². The number of nitrogens with one attached hydrogen (secondary N) is 1. The van der Waals surface area contributed by atoms with E-state index in [1.54, 1.807) is 37.4 Å². The van der Waals surface area contributed by atoms with Crippen molar-refractivity contribution in [3.05, 3.63) is 92.9 Å². The highest BCUT2D eigenvalue weighted by Gasteiger charge is 2.08. The molecule has 0 atom stereocenters. The molecule has 0 aliphatic heterocycles. The van der Waals surface area contributed by atoms with E-state index in [4.69, 9.17) is 21.1 Å². The summed E-state index contributed by atoms with van der Waals surface area (Å²) < 4.78 is 11.9. The lowest BCUT2D eigenvalue weighted by Crippen LogP contribution is -2.18. The fourth-order valence-corrected chi connectivity index (χ4v) is 3.22. The van der Waals surface area contributed by atoms with Crippen molar-refractivity contribution < 1.29 is 14.3 Å². The number of ether oxygens (including phenoxy) is 2. The SMILES string of the molecule is COc1cc(/C=N\NC(=O)c2ccccc2Br)ccc1OCc1cccc(Cl)c1. The maximum atomic E-state index is 12.2. The van der Waals surface area contributed by atoms with Crippen LogP contribution < -0.4 is 14.9 Å². The third-order valence-corrected chi connectivity index (χ3v) is 4.90. The van der Waals surface area contributed by atoms with Gasteiger partial charge in [-0.1, -0.05) is 35.9 Å². The van der Waals surface area contributed by atoms with Gasteiger partial charge < -0.3 is 9.47 Å². The Morgan fingerprint density at radius 3 is 2.69 bits per heavy atom. The zero-order valence-electron chi connectivity index (χ0n) is 15.6. The second-order valence-corrected chi connectivity index (χ2v) is 7.30. The Morgan fingerprint density at radius 1 is 1.10 bits per heavy atom. The van der Waals surface area contributed by atoms with Gasteiger partial charge in [0, 0.05) is 9.50 Å². The van der Waals surface area contributed by atoms with Crippen LogP contribution >= 0.6 is 27.5 Å². The quantitative estimate of drug-likeness (QED) is 0.366. The molecular formula is C22H18BrClN2O3. The molecule has 1 amide bonds. The zero-order valence-corrected chi connectivity index (χ0v) is 17.9. The summed E-state index contributed by atoms with van der Waals surface area (Å²) in [4.78, 5) is 12.2. The molecule has 0 aromatic heterocycles. The summed E-state index contributed by atoms with van der Waals surface area (Å²) in [5.74, 6) is 0.858. The van der Waals surface area contributed by atoms with Crippen LogP contribution in [0.25, 0.3) is 0 Å². The van der Waals surface area contributed by atoms with Crippen LogP contribution in [0.2, 0.25) is 5.02 Å². The zero-order chi connectivity index (χ0) is 20.6. The minimum Gasteiger partial charge on any atom is -0.493 e. The summed E-state index contributed by atoms with van der Waals surface area (Å²) in [6, 6.07) is 20.0. The fraction of sp³-hybridized carbons (Fsp3) is 0.0909. The molecule has 3 aromatic rings. The Kier molecular flexibility index (Phi) is 7.27. The average Bonchev–Trinajstić information content (AvgIpc) is 2.73. The summed E-state index contributed by atoms with van der Waals surface area (Å²) in [7, 11) is 1.57. The molecular weight excluding hydrogens is 456 g/mol. The highest BCUT2D eigenvalue weighted by molar-refractivity contribution is 9.10. The molecule has 0 unspecified atom stereocenters. The van der Waals surface area contributed by atoms with E-state index in [1.807, 2.05) is 36.4 Å². The van der Waals surface area contributed by atoms with Crippen LogP contribution in [0, 0.1) is 0 Å². The number of halogens is 2. The maximum absolute atomic E-state index is 12.2. The van der Waals surface area contributed by atoms with Crippen molar-refractivity contribution in [2.45, 2.75) is 6.61 Å². The van der Waals surface area contributed by atoms with Gasteiger partial charge in [0.25, 0.3) is 5.91 Å². The van der Waals surface area contributed by atoms with E-state index in [1.165, 1.54) is 6.21 Å². The molecule has 3 aromatic carbocycles. The summed E-state index contributed by atoms with van der Waals surface area (Å²) in [5, 5.41) is 4.67. The number of hydrogen-bond acceptors (Lipinski definition) is 4. The highest BCUT2D eigenvalue weighted by atomic mass is 79.9. The lowest BCUT2D eigenvalue weighted by molar-refractivity contribution is 0.0954. The van der Waals surface area contributed by atoms with Crippen molar-refractivity contribution in [1.29, 1.82) is 0 Å². The van der Waals surface area contributed by atoms with Gasteiger partial charge in [-0.2, -0.15) is 5.10 Å². The molecule has 0 spiro atoms. The average molecular weight is 474 g/mol. The van der Waals surface area contributed by atoms with Gasteiger partial charge in [-0.05, 0) is 69.5 Å². The van der Waals surface area contributed by atoms with Gasteiger partial charge in [-0.15, -0.1) is 0 Å². The minimum atomic E-state index is -0.304. The van der Waals surface area contributed by atoms with E-state index in [-0.39, 0.29) is 5.91 Å². The van der Waals surface area contributed by atoms with Crippen molar-refractivity contribution >= 4 is 39.7 Å². The number of methoxy groups -OCH3 is 1. The number of amides is 1. The minimum absolute atomic E-state index is 0.304. The van der Waals surface area contributed by atoms with Gasteiger partial charge in [0.2, 0.25) is 0 Å². The van der Waals surface area contributed by atoms with Gasteiger partial charge in [-0.25, -0.2) is 5.43 Å². The molecule has 0 fully saturated rings. The lowest BCUT2D eigenvalue weighted by Gasteiger charge is -2.11. The number of hydrogen-bond donors (Lipinski definition) is 1. The van der Waals surface area contributed by atoms with Crippen molar-refractivity contribution in [2.75, 3.05) is 7.11 Å². The van der Waals surface area contributed by atoms with Gasteiger partial charge in [0.1, 0.15) is 6.61 Å². The molecule has 0 saturated carbocycles. The molecule has 148 valence electrons. The first-order chi connectivity index (χ1) is 14.1. The van der Waals surface area contributed by atoms with Gasteiger partial charge >= 0.3 is 0 Å². The summed E-state index contributed by atoms with van der Waals surface area (Å²) in [5.41, 5.74) is 4.73. The van der Waals surface area contributed by atoms with Gasteiger partial charge in [0.15, 0.2) is 11.5 Å². The summed E-state index contributed by atoms with van der Waals surface area (Å²) >= 11 is 9.34. The van der Waals surface area contributed by atoms with Crippen LogP contribution in [0.5, 0.6) is 11.5 Å². The van der Waals surface area contributed by atoms with E-state index in [2.05, 4.69) is 26.5 Å². The number of nitrogens with zero attached hydrogens (tertiary/aromatic N) is 1. The monoisotopic (exact) mass is 472 g/mol. The number of rotatable bonds is 7. The molecule has 0 radical (unpaired) electrons. The Labute approximate surface area is 182 Å². The molecule has 7 heteroatoms. The molecule has 0 bridgehead atoms. The first-order valence-electron chi connectivity index (χ1n) is 8.70. The predicted octanol–water partition coefficient (Wildman–Crippen LogP) is 5.45. The topological polar surface area (TPSA) is 59.9 Å². The van der Waals surface area contributed by atoms with E-state index >= 15 is 0 Å².